The van der Waals surface area contributed by atoms with E-state index in [9.17, 15) is 14.4 Å². The predicted octanol–water partition coefficient (Wildman–Crippen LogP) is 3.06. The molecule has 7 nitrogen and oxygen atoms in total. The molecule has 32 heavy (non-hydrogen) atoms. The number of fused-ring (bicyclic) bond motifs is 3. The van der Waals surface area contributed by atoms with E-state index in [4.69, 9.17) is 11.6 Å². The Hall–Kier alpha value is -3.06. The van der Waals surface area contributed by atoms with E-state index < -0.39 is 0 Å². The van der Waals surface area contributed by atoms with Crippen LogP contribution in [0.5, 0.6) is 0 Å². The van der Waals surface area contributed by atoms with E-state index >= 15 is 0 Å². The molecule has 2 aromatic carbocycles. The van der Waals surface area contributed by atoms with Crippen molar-refractivity contribution in [2.24, 2.45) is 0 Å². The predicted molar refractivity (Wildman–Crippen MR) is 125 cm³/mol. The Labute approximate surface area is 192 Å². The second kappa shape index (κ2) is 9.20. The Morgan fingerprint density at radius 1 is 1.12 bits per heavy atom. The third-order valence-electron chi connectivity index (χ3n) is 5.96. The lowest BCUT2D eigenvalue weighted by atomic mass is 9.95. The zero-order valence-corrected chi connectivity index (χ0v) is 19.1. The molecule has 2 aliphatic rings. The summed E-state index contributed by atoms with van der Waals surface area (Å²) in [7, 11) is 3.38. The van der Waals surface area contributed by atoms with E-state index in [1.54, 1.807) is 38.4 Å². The average Bonchev–Trinajstić information content (AvgIpc) is 2.79. The molecule has 3 amide bonds. The molecule has 2 heterocycles. The van der Waals surface area contributed by atoms with Gasteiger partial charge in [0.1, 0.15) is 12.6 Å². The molecule has 1 N–H and O–H groups in total. The van der Waals surface area contributed by atoms with Crippen LogP contribution in [0.15, 0.2) is 42.5 Å². The first kappa shape index (κ1) is 22.1. The van der Waals surface area contributed by atoms with Crippen LogP contribution in [0.25, 0.3) is 0 Å². The number of anilines is 2. The first-order chi connectivity index (χ1) is 15.3. The number of benzene rings is 2. The zero-order chi connectivity index (χ0) is 22.8. The maximum Gasteiger partial charge on any atom is 0.253 e. The average molecular weight is 455 g/mol. The fraction of sp³-hybridized carbons (Fsp3) is 0.375. The summed E-state index contributed by atoms with van der Waals surface area (Å²) in [6, 6.07) is 12.4. The van der Waals surface area contributed by atoms with Crippen LogP contribution in [-0.4, -0.2) is 55.8 Å². The quantitative estimate of drug-likeness (QED) is 0.753. The lowest BCUT2D eigenvalue weighted by Gasteiger charge is -2.45. The van der Waals surface area contributed by atoms with E-state index in [-0.39, 0.29) is 30.3 Å². The van der Waals surface area contributed by atoms with Crippen molar-refractivity contribution in [2.45, 2.75) is 31.8 Å². The number of piperidine rings is 1. The molecule has 2 aliphatic heterocycles. The zero-order valence-electron chi connectivity index (χ0n) is 18.3. The Kier molecular flexibility index (Phi) is 6.37. The van der Waals surface area contributed by atoms with Gasteiger partial charge in [-0.2, -0.15) is 0 Å². The van der Waals surface area contributed by atoms with Crippen LogP contribution in [0, 0.1) is 0 Å². The normalized spacial score (nSPS) is 17.5. The van der Waals surface area contributed by atoms with Gasteiger partial charge in [-0.1, -0.05) is 23.7 Å². The molecule has 168 valence electrons. The van der Waals surface area contributed by atoms with Crippen LogP contribution in [-0.2, 0) is 16.1 Å². The van der Waals surface area contributed by atoms with Crippen molar-refractivity contribution in [1.29, 1.82) is 0 Å². The molecule has 0 unspecified atom stereocenters. The highest BCUT2D eigenvalue weighted by Crippen LogP contribution is 2.40. The fourth-order valence-corrected chi connectivity index (χ4v) is 4.57. The summed E-state index contributed by atoms with van der Waals surface area (Å²) in [5.74, 6) is -0.506. The van der Waals surface area contributed by atoms with Gasteiger partial charge in [0.15, 0.2) is 0 Å². The van der Waals surface area contributed by atoms with E-state index in [1.165, 1.54) is 9.80 Å². The maximum absolute atomic E-state index is 13.4. The number of carbonyl (C=O) groups excluding carboxylic acids is 3. The maximum atomic E-state index is 13.4. The van der Waals surface area contributed by atoms with E-state index in [0.717, 1.165) is 37.1 Å². The van der Waals surface area contributed by atoms with Crippen molar-refractivity contribution in [1.82, 2.24) is 10.2 Å². The number of halogens is 1. The summed E-state index contributed by atoms with van der Waals surface area (Å²) in [6.07, 6.45) is 2.76. The SMILES string of the molecule is CN(C)C(=O)c1ccc2c(c1)N(CC(=O)NCc1cccc(Cl)c1)C(=O)[C@H]1CCCCN21. The lowest BCUT2D eigenvalue weighted by Crippen LogP contribution is -2.57. The number of hydrogen-bond donors (Lipinski definition) is 1. The second-order valence-electron chi connectivity index (χ2n) is 8.44. The van der Waals surface area contributed by atoms with Gasteiger partial charge in [0.2, 0.25) is 11.8 Å². The molecule has 0 aliphatic carbocycles. The van der Waals surface area contributed by atoms with Crippen molar-refractivity contribution in [3.63, 3.8) is 0 Å². The molecule has 0 saturated carbocycles. The highest BCUT2D eigenvalue weighted by Gasteiger charge is 2.40. The summed E-state index contributed by atoms with van der Waals surface area (Å²) in [6.45, 7) is 1.01. The van der Waals surface area contributed by atoms with Crippen molar-refractivity contribution in [3.8, 4) is 0 Å². The summed E-state index contributed by atoms with van der Waals surface area (Å²) in [5.41, 5.74) is 2.88. The van der Waals surface area contributed by atoms with Crippen molar-refractivity contribution in [2.75, 3.05) is 37.0 Å². The topological polar surface area (TPSA) is 73.0 Å². The third-order valence-corrected chi connectivity index (χ3v) is 6.20. The van der Waals surface area contributed by atoms with Gasteiger partial charge in [0, 0.05) is 37.8 Å². The molecule has 8 heteroatoms. The standard InChI is InChI=1S/C24H27ClN4O3/c1-27(2)23(31)17-9-10-19-21(13-17)29(24(32)20-8-3-4-11-28(19)20)15-22(30)26-14-16-6-5-7-18(25)12-16/h5-7,9-10,12-13,20H,3-4,8,11,14-15H2,1-2H3,(H,26,30)/t20-/m1/s1. The van der Waals surface area contributed by atoms with Crippen LogP contribution in [0.1, 0.15) is 35.2 Å². The van der Waals surface area contributed by atoms with Crippen LogP contribution in [0.2, 0.25) is 5.02 Å². The summed E-state index contributed by atoms with van der Waals surface area (Å²) in [4.78, 5) is 43.8. The van der Waals surface area contributed by atoms with Crippen molar-refractivity contribution < 1.29 is 14.4 Å². The smallest absolute Gasteiger partial charge is 0.253 e. The van der Waals surface area contributed by atoms with Crippen LogP contribution in [0.4, 0.5) is 11.4 Å². The fourth-order valence-electron chi connectivity index (χ4n) is 4.36. The number of nitrogens with one attached hydrogen (secondary N) is 1. The Morgan fingerprint density at radius 2 is 1.94 bits per heavy atom. The van der Waals surface area contributed by atoms with Gasteiger partial charge < -0.3 is 15.1 Å². The Morgan fingerprint density at radius 3 is 2.69 bits per heavy atom. The van der Waals surface area contributed by atoms with E-state index in [2.05, 4.69) is 10.2 Å². The summed E-state index contributed by atoms with van der Waals surface area (Å²) >= 11 is 6.02. The van der Waals surface area contributed by atoms with Crippen molar-refractivity contribution >= 4 is 40.7 Å². The first-order valence-corrected chi connectivity index (χ1v) is 11.2. The Balaban J connectivity index is 1.60. The molecular formula is C24H27ClN4O3. The van der Waals surface area contributed by atoms with Gasteiger partial charge in [0.05, 0.1) is 11.4 Å². The van der Waals surface area contributed by atoms with Crippen LogP contribution in [0.3, 0.4) is 0 Å². The molecule has 1 atom stereocenters. The van der Waals surface area contributed by atoms with Gasteiger partial charge in [-0.15, -0.1) is 0 Å². The van der Waals surface area contributed by atoms with Crippen LogP contribution < -0.4 is 15.1 Å². The molecule has 0 bridgehead atoms. The molecule has 1 fully saturated rings. The molecule has 0 radical (unpaired) electrons. The lowest BCUT2D eigenvalue weighted by molar-refractivity contribution is -0.125. The van der Waals surface area contributed by atoms with Gasteiger partial charge in [-0.3, -0.25) is 19.3 Å². The number of hydrogen-bond acceptors (Lipinski definition) is 4. The minimum Gasteiger partial charge on any atom is -0.358 e. The second-order valence-corrected chi connectivity index (χ2v) is 8.88. The number of amides is 3. The number of rotatable bonds is 5. The van der Waals surface area contributed by atoms with Gasteiger partial charge in [-0.25, -0.2) is 0 Å². The van der Waals surface area contributed by atoms with Crippen LogP contribution >= 0.6 is 11.6 Å². The van der Waals surface area contributed by atoms with Gasteiger partial charge >= 0.3 is 0 Å². The van der Waals surface area contributed by atoms with Gasteiger partial charge in [0.25, 0.3) is 5.91 Å². The highest BCUT2D eigenvalue weighted by atomic mass is 35.5. The van der Waals surface area contributed by atoms with Gasteiger partial charge in [-0.05, 0) is 55.2 Å². The largest absolute Gasteiger partial charge is 0.358 e. The monoisotopic (exact) mass is 454 g/mol. The molecule has 0 spiro atoms. The molecule has 2 aromatic rings. The highest BCUT2D eigenvalue weighted by molar-refractivity contribution is 6.30. The Bertz CT molecular complexity index is 1060. The molecule has 1 saturated heterocycles. The minimum absolute atomic E-state index is 0.0930. The summed E-state index contributed by atoms with van der Waals surface area (Å²) < 4.78 is 0. The number of nitrogens with zero attached hydrogens (tertiary/aromatic N) is 3. The summed E-state index contributed by atoms with van der Waals surface area (Å²) in [5, 5.41) is 3.48. The minimum atomic E-state index is -0.271. The molecule has 4 rings (SSSR count). The number of carbonyl (C=O) groups is 3. The molecule has 0 aromatic heterocycles. The first-order valence-electron chi connectivity index (χ1n) is 10.8. The van der Waals surface area contributed by atoms with E-state index in [1.807, 2.05) is 18.2 Å². The third kappa shape index (κ3) is 4.43. The van der Waals surface area contributed by atoms with E-state index in [0.29, 0.717) is 22.8 Å². The van der Waals surface area contributed by atoms with Crippen molar-refractivity contribution in [3.05, 3.63) is 58.6 Å². The molecular weight excluding hydrogens is 428 g/mol.